The number of anilines is 2. The van der Waals surface area contributed by atoms with Gasteiger partial charge in [-0.3, -0.25) is 0 Å². The van der Waals surface area contributed by atoms with E-state index in [0.29, 0.717) is 6.54 Å². The van der Waals surface area contributed by atoms with Crippen molar-refractivity contribution in [3.63, 3.8) is 0 Å². The second-order valence-electron chi connectivity index (χ2n) is 5.46. The lowest BCUT2D eigenvalue weighted by Gasteiger charge is -2.23. The zero-order valence-electron chi connectivity index (χ0n) is 13.4. The minimum Gasteiger partial charge on any atom is -0.491 e. The molecule has 0 bridgehead atoms. The van der Waals surface area contributed by atoms with E-state index >= 15 is 0 Å². The van der Waals surface area contributed by atoms with Crippen LogP contribution in [-0.2, 0) is 0 Å². The van der Waals surface area contributed by atoms with Crippen LogP contribution >= 0.6 is 0 Å². The molecule has 0 heterocycles. The van der Waals surface area contributed by atoms with E-state index in [-0.39, 0.29) is 6.61 Å². The third-order valence-corrected chi connectivity index (χ3v) is 3.52. The summed E-state index contributed by atoms with van der Waals surface area (Å²) in [6.45, 7) is 2.85. The average Bonchev–Trinajstić information content (AvgIpc) is 2.53. The predicted molar refractivity (Wildman–Crippen MR) is 91.9 cm³/mol. The van der Waals surface area contributed by atoms with Crippen molar-refractivity contribution in [3.8, 4) is 5.75 Å². The van der Waals surface area contributed by atoms with Crippen LogP contribution in [0.3, 0.4) is 0 Å². The van der Waals surface area contributed by atoms with Gasteiger partial charge in [-0.25, -0.2) is 0 Å². The highest BCUT2D eigenvalue weighted by Gasteiger charge is 2.10. The normalized spacial score (nSPS) is 11.8. The number of likely N-dealkylation sites (N-methyl/N-ethyl adjacent to an activating group) is 1. The van der Waals surface area contributed by atoms with E-state index in [2.05, 4.69) is 36.5 Å². The van der Waals surface area contributed by atoms with Crippen molar-refractivity contribution < 1.29 is 9.84 Å². The van der Waals surface area contributed by atoms with Crippen LogP contribution in [-0.4, -0.2) is 38.5 Å². The second-order valence-corrected chi connectivity index (χ2v) is 5.46. The number of aliphatic hydroxyl groups excluding tert-OH is 1. The van der Waals surface area contributed by atoms with E-state index in [9.17, 15) is 5.11 Å². The molecular formula is C18H24N2O2. The number of nitrogens with zero attached hydrogens (tertiary/aromatic N) is 1. The second kappa shape index (κ2) is 7.71. The molecule has 2 aromatic rings. The van der Waals surface area contributed by atoms with E-state index in [1.165, 1.54) is 5.56 Å². The van der Waals surface area contributed by atoms with Crippen molar-refractivity contribution in [1.82, 2.24) is 0 Å². The minimum atomic E-state index is -0.551. The van der Waals surface area contributed by atoms with E-state index < -0.39 is 6.10 Å². The summed E-state index contributed by atoms with van der Waals surface area (Å²) in [5.74, 6) is 0.754. The maximum atomic E-state index is 10.1. The number of hydrogen-bond acceptors (Lipinski definition) is 4. The van der Waals surface area contributed by atoms with Crippen LogP contribution in [0.15, 0.2) is 48.5 Å². The first-order valence-corrected chi connectivity index (χ1v) is 7.45. The molecule has 1 unspecified atom stereocenters. The average molecular weight is 300 g/mol. The molecule has 22 heavy (non-hydrogen) atoms. The Bertz CT molecular complexity index is 584. The number of nitrogens with one attached hydrogen (secondary N) is 1. The Morgan fingerprint density at radius 3 is 2.59 bits per heavy atom. The third-order valence-electron chi connectivity index (χ3n) is 3.52. The van der Waals surface area contributed by atoms with Crippen molar-refractivity contribution in [2.75, 3.05) is 37.5 Å². The smallest absolute Gasteiger partial charge is 0.121 e. The zero-order valence-corrected chi connectivity index (χ0v) is 13.4. The van der Waals surface area contributed by atoms with E-state index in [4.69, 9.17) is 4.74 Å². The first-order chi connectivity index (χ1) is 10.6. The molecule has 0 aliphatic rings. The fraction of sp³-hybridized carbons (Fsp3) is 0.333. The van der Waals surface area contributed by atoms with E-state index in [1.807, 2.05) is 43.3 Å². The monoisotopic (exact) mass is 300 g/mol. The summed E-state index contributed by atoms with van der Waals surface area (Å²) in [7, 11) is 3.83. The summed E-state index contributed by atoms with van der Waals surface area (Å²) in [5, 5.41) is 13.2. The van der Waals surface area contributed by atoms with E-state index in [0.717, 1.165) is 17.1 Å². The Labute approximate surface area is 132 Å². The molecule has 0 spiro atoms. The van der Waals surface area contributed by atoms with Gasteiger partial charge >= 0.3 is 0 Å². The molecule has 0 radical (unpaired) electrons. The number of hydrogen-bond donors (Lipinski definition) is 2. The highest BCUT2D eigenvalue weighted by molar-refractivity contribution is 5.48. The number of aliphatic hydroxyl groups is 1. The maximum absolute atomic E-state index is 10.1. The largest absolute Gasteiger partial charge is 0.491 e. The van der Waals surface area contributed by atoms with Crippen molar-refractivity contribution in [1.29, 1.82) is 0 Å². The standard InChI is InChI=1S/C18H24N2O2/c1-14-7-9-16(10-8-14)20(3)12-17(21)13-22-18-6-4-5-15(11-18)19-2/h4-11,17,19,21H,12-13H2,1-3H3. The summed E-state index contributed by atoms with van der Waals surface area (Å²) in [4.78, 5) is 2.03. The van der Waals surface area contributed by atoms with Gasteiger partial charge in [0, 0.05) is 38.1 Å². The summed E-state index contributed by atoms with van der Waals surface area (Å²) in [5.41, 5.74) is 3.30. The Morgan fingerprint density at radius 2 is 1.91 bits per heavy atom. The highest BCUT2D eigenvalue weighted by Crippen LogP contribution is 2.17. The van der Waals surface area contributed by atoms with Crippen LogP contribution < -0.4 is 15.0 Å². The molecule has 0 amide bonds. The van der Waals surface area contributed by atoms with E-state index in [1.54, 1.807) is 0 Å². The van der Waals surface area contributed by atoms with Gasteiger partial charge in [-0.05, 0) is 31.2 Å². The summed E-state index contributed by atoms with van der Waals surface area (Å²) >= 11 is 0. The fourth-order valence-corrected chi connectivity index (χ4v) is 2.21. The predicted octanol–water partition coefficient (Wildman–Crippen LogP) is 2.91. The highest BCUT2D eigenvalue weighted by atomic mass is 16.5. The van der Waals surface area contributed by atoms with Crippen LogP contribution in [0.1, 0.15) is 5.56 Å². The van der Waals surface area contributed by atoms with Gasteiger partial charge < -0.3 is 20.1 Å². The molecular weight excluding hydrogens is 276 g/mol. The Hall–Kier alpha value is -2.20. The summed E-state index contributed by atoms with van der Waals surface area (Å²) < 4.78 is 5.65. The molecule has 0 aliphatic heterocycles. The van der Waals surface area contributed by atoms with Crippen molar-refractivity contribution in [3.05, 3.63) is 54.1 Å². The molecule has 0 aromatic heterocycles. The molecule has 0 fully saturated rings. The SMILES string of the molecule is CNc1cccc(OCC(O)CN(C)c2ccc(C)cc2)c1. The lowest BCUT2D eigenvalue weighted by molar-refractivity contribution is 0.113. The summed E-state index contributed by atoms with van der Waals surface area (Å²) in [6.07, 6.45) is -0.551. The molecule has 1 atom stereocenters. The van der Waals surface area contributed by atoms with Gasteiger partial charge in [0.1, 0.15) is 18.5 Å². The lowest BCUT2D eigenvalue weighted by atomic mass is 10.2. The van der Waals surface area contributed by atoms with Crippen LogP contribution in [0, 0.1) is 6.92 Å². The van der Waals surface area contributed by atoms with Crippen molar-refractivity contribution in [2.24, 2.45) is 0 Å². The Balaban J connectivity index is 1.84. The number of aryl methyl sites for hydroxylation is 1. The Kier molecular flexibility index (Phi) is 5.67. The molecule has 0 saturated heterocycles. The third kappa shape index (κ3) is 4.67. The van der Waals surface area contributed by atoms with Gasteiger partial charge in [0.2, 0.25) is 0 Å². The lowest BCUT2D eigenvalue weighted by Crippen LogP contribution is -2.33. The van der Waals surface area contributed by atoms with Gasteiger partial charge in [-0.1, -0.05) is 23.8 Å². The zero-order chi connectivity index (χ0) is 15.9. The number of benzene rings is 2. The molecule has 2 N–H and O–H groups in total. The molecule has 118 valence electrons. The van der Waals surface area contributed by atoms with Gasteiger partial charge in [-0.2, -0.15) is 0 Å². The first-order valence-electron chi connectivity index (χ1n) is 7.45. The molecule has 4 nitrogen and oxygen atoms in total. The van der Waals surface area contributed by atoms with Gasteiger partial charge in [0.25, 0.3) is 0 Å². The molecule has 2 rings (SSSR count). The topological polar surface area (TPSA) is 44.7 Å². The van der Waals surface area contributed by atoms with Crippen LogP contribution in [0.2, 0.25) is 0 Å². The fourth-order valence-electron chi connectivity index (χ4n) is 2.21. The van der Waals surface area contributed by atoms with Gasteiger partial charge in [0.05, 0.1) is 0 Å². The van der Waals surface area contributed by atoms with Crippen LogP contribution in [0.4, 0.5) is 11.4 Å². The van der Waals surface area contributed by atoms with Gasteiger partial charge in [0.15, 0.2) is 0 Å². The Morgan fingerprint density at radius 1 is 1.18 bits per heavy atom. The minimum absolute atomic E-state index is 0.267. The number of rotatable bonds is 7. The van der Waals surface area contributed by atoms with Crippen LogP contribution in [0.25, 0.3) is 0 Å². The van der Waals surface area contributed by atoms with Crippen LogP contribution in [0.5, 0.6) is 5.75 Å². The molecule has 4 heteroatoms. The quantitative estimate of drug-likeness (QED) is 0.825. The first kappa shape index (κ1) is 16.2. The maximum Gasteiger partial charge on any atom is 0.121 e. The molecule has 0 aliphatic carbocycles. The van der Waals surface area contributed by atoms with Crippen molar-refractivity contribution in [2.45, 2.75) is 13.0 Å². The van der Waals surface area contributed by atoms with Gasteiger partial charge in [-0.15, -0.1) is 0 Å². The van der Waals surface area contributed by atoms with Crippen molar-refractivity contribution >= 4 is 11.4 Å². The number of ether oxygens (including phenoxy) is 1. The summed E-state index contributed by atoms with van der Waals surface area (Å²) in [6, 6.07) is 15.9. The molecule has 0 saturated carbocycles. The molecule has 2 aromatic carbocycles.